The molecule has 0 radical (unpaired) electrons. The maximum Gasteiger partial charge on any atom is 0.389 e. The van der Waals surface area contributed by atoms with Gasteiger partial charge in [0.15, 0.2) is 0 Å². The van der Waals surface area contributed by atoms with Crippen LogP contribution in [0.1, 0.15) is 30.9 Å². The van der Waals surface area contributed by atoms with Gasteiger partial charge >= 0.3 is 6.18 Å². The molecule has 6 heteroatoms. The van der Waals surface area contributed by atoms with E-state index in [0.29, 0.717) is 30.8 Å². The Bertz CT molecular complexity index is 396. The van der Waals surface area contributed by atoms with E-state index in [1.165, 1.54) is 0 Å². The van der Waals surface area contributed by atoms with Crippen LogP contribution < -0.4 is 10.1 Å². The first-order valence-corrected chi connectivity index (χ1v) is 6.52. The molecule has 0 aliphatic rings. The minimum absolute atomic E-state index is 0.103. The number of benzene rings is 1. The fourth-order valence-electron chi connectivity index (χ4n) is 1.78. The molecule has 0 aliphatic heterocycles. The highest BCUT2D eigenvalue weighted by atomic mass is 19.4. The highest BCUT2D eigenvalue weighted by Crippen LogP contribution is 2.22. The van der Waals surface area contributed by atoms with Crippen LogP contribution in [0, 0.1) is 0 Å². The van der Waals surface area contributed by atoms with Crippen molar-refractivity contribution in [2.24, 2.45) is 0 Å². The van der Waals surface area contributed by atoms with E-state index < -0.39 is 18.7 Å². The van der Waals surface area contributed by atoms with Crippen molar-refractivity contribution in [2.45, 2.75) is 31.5 Å². The topological polar surface area (TPSA) is 41.5 Å². The molecule has 20 heavy (non-hydrogen) atoms. The summed E-state index contributed by atoms with van der Waals surface area (Å²) in [5, 5.41) is 12.9. The molecule has 1 rings (SSSR count). The van der Waals surface area contributed by atoms with Gasteiger partial charge in [0, 0.05) is 13.0 Å². The second kappa shape index (κ2) is 8.11. The smallest absolute Gasteiger partial charge is 0.389 e. The Labute approximate surface area is 116 Å². The summed E-state index contributed by atoms with van der Waals surface area (Å²) in [5.74, 6) is 0.659. The molecule has 0 fully saturated rings. The number of nitrogens with one attached hydrogen (secondary N) is 1. The van der Waals surface area contributed by atoms with Gasteiger partial charge in [-0.2, -0.15) is 13.2 Å². The van der Waals surface area contributed by atoms with Crippen molar-refractivity contribution in [1.29, 1.82) is 0 Å². The van der Waals surface area contributed by atoms with E-state index in [4.69, 9.17) is 4.74 Å². The molecular formula is C14H20F3NO2. The Kier molecular flexibility index (Phi) is 6.81. The third-order valence-corrected chi connectivity index (χ3v) is 2.88. The van der Waals surface area contributed by atoms with Crippen LogP contribution in [-0.2, 0) is 0 Å². The van der Waals surface area contributed by atoms with E-state index in [9.17, 15) is 18.3 Å². The number of unbranched alkanes of at least 4 members (excludes halogenated alkanes) is 1. The maximum atomic E-state index is 11.9. The average molecular weight is 291 g/mol. The van der Waals surface area contributed by atoms with E-state index in [-0.39, 0.29) is 6.42 Å². The summed E-state index contributed by atoms with van der Waals surface area (Å²) in [4.78, 5) is 0. The predicted octanol–water partition coefficient (Wildman–Crippen LogP) is 3.05. The largest absolute Gasteiger partial charge is 0.497 e. The number of alkyl halides is 3. The first-order chi connectivity index (χ1) is 9.42. The summed E-state index contributed by atoms with van der Waals surface area (Å²) in [5.41, 5.74) is 0.715. The monoisotopic (exact) mass is 291 g/mol. The standard InChI is InChI=1S/C14H20F3NO2/c1-20-12-6-4-5-11(9-12)13(19)10-18-8-3-2-7-14(15,16)17/h4-6,9,13,18-19H,2-3,7-8,10H2,1H3. The number of hydrogen-bond donors (Lipinski definition) is 2. The molecule has 0 aliphatic carbocycles. The molecule has 0 saturated carbocycles. The molecule has 0 heterocycles. The van der Waals surface area contributed by atoms with E-state index in [1.54, 1.807) is 31.4 Å². The quantitative estimate of drug-likeness (QED) is 0.723. The van der Waals surface area contributed by atoms with Crippen molar-refractivity contribution >= 4 is 0 Å². The Morgan fingerprint density at radius 1 is 1.30 bits per heavy atom. The number of halogens is 3. The third kappa shape index (κ3) is 6.77. The molecule has 114 valence electrons. The number of rotatable bonds is 8. The van der Waals surface area contributed by atoms with Crippen LogP contribution in [0.25, 0.3) is 0 Å². The van der Waals surface area contributed by atoms with Crippen molar-refractivity contribution in [3.63, 3.8) is 0 Å². The van der Waals surface area contributed by atoms with E-state index >= 15 is 0 Å². The number of methoxy groups -OCH3 is 1. The minimum Gasteiger partial charge on any atom is -0.497 e. The van der Waals surface area contributed by atoms with Gasteiger partial charge in [-0.25, -0.2) is 0 Å². The van der Waals surface area contributed by atoms with Crippen molar-refractivity contribution in [2.75, 3.05) is 20.2 Å². The van der Waals surface area contributed by atoms with Crippen LogP contribution in [-0.4, -0.2) is 31.5 Å². The predicted molar refractivity (Wildman–Crippen MR) is 70.7 cm³/mol. The third-order valence-electron chi connectivity index (χ3n) is 2.88. The Hall–Kier alpha value is -1.27. The zero-order chi connectivity index (χ0) is 15.0. The lowest BCUT2D eigenvalue weighted by Crippen LogP contribution is -2.22. The van der Waals surface area contributed by atoms with Gasteiger partial charge in [-0.1, -0.05) is 12.1 Å². The van der Waals surface area contributed by atoms with E-state index in [0.717, 1.165) is 0 Å². The molecule has 0 spiro atoms. The molecule has 0 amide bonds. The number of ether oxygens (including phenoxy) is 1. The van der Waals surface area contributed by atoms with Crippen LogP contribution in [0.15, 0.2) is 24.3 Å². The zero-order valence-corrected chi connectivity index (χ0v) is 11.4. The van der Waals surface area contributed by atoms with Gasteiger partial charge in [-0.05, 0) is 37.1 Å². The Balaban J connectivity index is 2.21. The van der Waals surface area contributed by atoms with Crippen LogP contribution >= 0.6 is 0 Å². The molecule has 1 aromatic carbocycles. The summed E-state index contributed by atoms with van der Waals surface area (Å²) in [6.07, 6.45) is -5.00. The maximum absolute atomic E-state index is 11.9. The van der Waals surface area contributed by atoms with Gasteiger partial charge in [0.05, 0.1) is 13.2 Å². The van der Waals surface area contributed by atoms with Gasteiger partial charge in [-0.3, -0.25) is 0 Å². The van der Waals surface area contributed by atoms with Crippen LogP contribution in [0.2, 0.25) is 0 Å². The summed E-state index contributed by atoms with van der Waals surface area (Å²) in [6, 6.07) is 7.07. The zero-order valence-electron chi connectivity index (χ0n) is 11.4. The lowest BCUT2D eigenvalue weighted by atomic mass is 10.1. The second-order valence-corrected chi connectivity index (χ2v) is 4.57. The number of aliphatic hydroxyl groups is 1. The van der Waals surface area contributed by atoms with Crippen molar-refractivity contribution in [3.8, 4) is 5.75 Å². The fourth-order valence-corrected chi connectivity index (χ4v) is 1.78. The van der Waals surface area contributed by atoms with Crippen LogP contribution in [0.4, 0.5) is 13.2 Å². The average Bonchev–Trinajstić information content (AvgIpc) is 2.41. The Morgan fingerprint density at radius 3 is 2.70 bits per heavy atom. The Morgan fingerprint density at radius 2 is 2.05 bits per heavy atom. The first-order valence-electron chi connectivity index (χ1n) is 6.52. The highest BCUT2D eigenvalue weighted by Gasteiger charge is 2.25. The van der Waals surface area contributed by atoms with Gasteiger partial charge in [0.1, 0.15) is 5.75 Å². The van der Waals surface area contributed by atoms with Gasteiger partial charge < -0.3 is 15.2 Å². The van der Waals surface area contributed by atoms with Crippen LogP contribution in [0.3, 0.4) is 0 Å². The highest BCUT2D eigenvalue weighted by molar-refractivity contribution is 5.29. The molecule has 2 N–H and O–H groups in total. The minimum atomic E-state index is -4.08. The number of aliphatic hydroxyl groups excluding tert-OH is 1. The molecular weight excluding hydrogens is 271 g/mol. The normalized spacial score (nSPS) is 13.2. The van der Waals surface area contributed by atoms with Gasteiger partial charge in [0.2, 0.25) is 0 Å². The molecule has 0 aromatic heterocycles. The SMILES string of the molecule is COc1cccc(C(O)CNCCCCC(F)(F)F)c1. The molecule has 1 unspecified atom stereocenters. The van der Waals surface area contributed by atoms with Gasteiger partial charge in [0.25, 0.3) is 0 Å². The number of hydrogen-bond acceptors (Lipinski definition) is 3. The van der Waals surface area contributed by atoms with Crippen molar-refractivity contribution in [1.82, 2.24) is 5.32 Å². The van der Waals surface area contributed by atoms with Crippen molar-refractivity contribution < 1.29 is 23.0 Å². The van der Waals surface area contributed by atoms with E-state index in [1.807, 2.05) is 0 Å². The van der Waals surface area contributed by atoms with Crippen LogP contribution in [0.5, 0.6) is 5.75 Å². The molecule has 1 aromatic rings. The van der Waals surface area contributed by atoms with Crippen molar-refractivity contribution in [3.05, 3.63) is 29.8 Å². The second-order valence-electron chi connectivity index (χ2n) is 4.57. The molecule has 3 nitrogen and oxygen atoms in total. The van der Waals surface area contributed by atoms with E-state index in [2.05, 4.69) is 5.32 Å². The van der Waals surface area contributed by atoms with Gasteiger partial charge in [-0.15, -0.1) is 0 Å². The lowest BCUT2D eigenvalue weighted by molar-refractivity contribution is -0.135. The molecule has 0 bridgehead atoms. The summed E-state index contributed by atoms with van der Waals surface area (Å²) >= 11 is 0. The lowest BCUT2D eigenvalue weighted by Gasteiger charge is -2.13. The summed E-state index contributed by atoms with van der Waals surface area (Å²) in [6.45, 7) is 0.760. The molecule has 0 saturated heterocycles. The summed E-state index contributed by atoms with van der Waals surface area (Å²) < 4.78 is 40.8. The molecule has 1 atom stereocenters. The fraction of sp³-hybridized carbons (Fsp3) is 0.571. The summed E-state index contributed by atoms with van der Waals surface area (Å²) in [7, 11) is 1.55. The first kappa shape index (κ1) is 16.8.